The van der Waals surface area contributed by atoms with Gasteiger partial charge in [0.05, 0.1) is 5.84 Å². The van der Waals surface area contributed by atoms with Gasteiger partial charge in [-0.2, -0.15) is 0 Å². The van der Waals surface area contributed by atoms with Crippen molar-refractivity contribution in [1.29, 1.82) is 5.41 Å². The van der Waals surface area contributed by atoms with Gasteiger partial charge in [-0.15, -0.1) is 0 Å². The van der Waals surface area contributed by atoms with Gasteiger partial charge >= 0.3 is 0 Å². The molecule has 1 atom stereocenters. The van der Waals surface area contributed by atoms with Crippen molar-refractivity contribution in [3.8, 4) is 0 Å². The lowest BCUT2D eigenvalue weighted by Crippen LogP contribution is -2.38. The molecule has 2 heteroatoms. The largest absolute Gasteiger partial charge is 0.358 e. The summed E-state index contributed by atoms with van der Waals surface area (Å²) in [6.07, 6.45) is 4.65. The average Bonchev–Trinajstić information content (AvgIpc) is 2.53. The van der Waals surface area contributed by atoms with Gasteiger partial charge in [0.25, 0.3) is 0 Å². The monoisotopic (exact) mass is 182 g/mol. The summed E-state index contributed by atoms with van der Waals surface area (Å²) in [5, 5.41) is 7.81. The van der Waals surface area contributed by atoms with Crippen molar-refractivity contribution in [2.24, 2.45) is 5.92 Å². The second-order valence-corrected chi connectivity index (χ2v) is 4.06. The standard InChI is InChI=1S/C11H22N2/c1-4-10(5-2)9(3)13-8-6-7-11(13)12/h9-10,12H,4-8H2,1-3H3. The second kappa shape index (κ2) is 4.64. The van der Waals surface area contributed by atoms with Gasteiger partial charge in [-0.3, -0.25) is 5.41 Å². The maximum Gasteiger partial charge on any atom is 0.0960 e. The van der Waals surface area contributed by atoms with E-state index in [0.717, 1.165) is 24.7 Å². The summed E-state index contributed by atoms with van der Waals surface area (Å²) in [5.74, 6) is 1.62. The summed E-state index contributed by atoms with van der Waals surface area (Å²) >= 11 is 0. The Kier molecular flexibility index (Phi) is 3.76. The second-order valence-electron chi connectivity index (χ2n) is 4.06. The Hall–Kier alpha value is -0.530. The zero-order chi connectivity index (χ0) is 9.84. The van der Waals surface area contributed by atoms with E-state index >= 15 is 0 Å². The molecule has 0 amide bonds. The van der Waals surface area contributed by atoms with Crippen molar-refractivity contribution in [3.05, 3.63) is 0 Å². The fraction of sp³-hybridized carbons (Fsp3) is 0.909. The van der Waals surface area contributed by atoms with Crippen molar-refractivity contribution < 1.29 is 0 Å². The number of likely N-dealkylation sites (tertiary alicyclic amines) is 1. The van der Waals surface area contributed by atoms with Crippen LogP contribution in [-0.2, 0) is 0 Å². The minimum absolute atomic E-state index is 0.574. The van der Waals surface area contributed by atoms with Crippen LogP contribution in [0.3, 0.4) is 0 Å². The zero-order valence-electron chi connectivity index (χ0n) is 9.14. The highest BCUT2D eigenvalue weighted by atomic mass is 15.2. The molecule has 1 N–H and O–H groups in total. The molecule has 1 saturated heterocycles. The lowest BCUT2D eigenvalue weighted by Gasteiger charge is -2.32. The van der Waals surface area contributed by atoms with Gasteiger partial charge in [0, 0.05) is 19.0 Å². The third-order valence-electron chi connectivity index (χ3n) is 3.38. The maximum absolute atomic E-state index is 7.81. The minimum atomic E-state index is 0.574. The SMILES string of the molecule is CCC(CC)C(C)N1CCCC1=N. The van der Waals surface area contributed by atoms with E-state index in [9.17, 15) is 0 Å². The Morgan fingerprint density at radius 3 is 2.38 bits per heavy atom. The molecule has 0 saturated carbocycles. The van der Waals surface area contributed by atoms with Crippen LogP contribution in [-0.4, -0.2) is 23.3 Å². The Bertz CT molecular complexity index is 173. The fourth-order valence-electron chi connectivity index (χ4n) is 2.37. The summed E-state index contributed by atoms with van der Waals surface area (Å²) in [5.41, 5.74) is 0. The molecule has 0 radical (unpaired) electrons. The Morgan fingerprint density at radius 2 is 2.00 bits per heavy atom. The molecule has 0 aromatic carbocycles. The van der Waals surface area contributed by atoms with Gasteiger partial charge in [0.15, 0.2) is 0 Å². The Morgan fingerprint density at radius 1 is 1.38 bits per heavy atom. The van der Waals surface area contributed by atoms with Crippen LogP contribution in [0.25, 0.3) is 0 Å². The molecule has 13 heavy (non-hydrogen) atoms. The predicted octanol–water partition coefficient (Wildman–Crippen LogP) is 2.88. The van der Waals surface area contributed by atoms with Crippen LogP contribution in [0.5, 0.6) is 0 Å². The van der Waals surface area contributed by atoms with Gasteiger partial charge in [-0.1, -0.05) is 26.7 Å². The number of nitrogens with zero attached hydrogens (tertiary/aromatic N) is 1. The van der Waals surface area contributed by atoms with Crippen LogP contribution >= 0.6 is 0 Å². The van der Waals surface area contributed by atoms with Crippen LogP contribution in [0.15, 0.2) is 0 Å². The molecule has 0 spiro atoms. The summed E-state index contributed by atoms with van der Waals surface area (Å²) in [6.45, 7) is 7.89. The summed E-state index contributed by atoms with van der Waals surface area (Å²) in [6, 6.07) is 0.574. The van der Waals surface area contributed by atoms with Crippen molar-refractivity contribution >= 4 is 5.84 Å². The van der Waals surface area contributed by atoms with Crippen LogP contribution in [0.2, 0.25) is 0 Å². The van der Waals surface area contributed by atoms with E-state index in [-0.39, 0.29) is 0 Å². The summed E-state index contributed by atoms with van der Waals surface area (Å²) < 4.78 is 0. The predicted molar refractivity (Wildman–Crippen MR) is 57.2 cm³/mol. The summed E-state index contributed by atoms with van der Waals surface area (Å²) in [7, 11) is 0. The molecule has 0 aromatic heterocycles. The van der Waals surface area contributed by atoms with E-state index in [1.165, 1.54) is 19.3 Å². The maximum atomic E-state index is 7.81. The fourth-order valence-corrected chi connectivity index (χ4v) is 2.37. The normalized spacial score (nSPS) is 20.0. The first kappa shape index (κ1) is 10.6. The van der Waals surface area contributed by atoms with Crippen LogP contribution < -0.4 is 0 Å². The van der Waals surface area contributed by atoms with E-state index in [1.807, 2.05) is 0 Å². The third-order valence-corrected chi connectivity index (χ3v) is 3.38. The molecule has 1 heterocycles. The highest BCUT2D eigenvalue weighted by molar-refractivity contribution is 5.81. The highest BCUT2D eigenvalue weighted by Crippen LogP contribution is 2.23. The van der Waals surface area contributed by atoms with Gasteiger partial charge in [0.2, 0.25) is 0 Å². The first-order chi connectivity index (χ1) is 6.20. The van der Waals surface area contributed by atoms with Crippen molar-refractivity contribution in [3.63, 3.8) is 0 Å². The molecule has 1 fully saturated rings. The molecule has 1 aliphatic rings. The number of nitrogens with one attached hydrogen (secondary N) is 1. The van der Waals surface area contributed by atoms with Crippen LogP contribution in [0.4, 0.5) is 0 Å². The molecule has 0 aromatic rings. The molecular formula is C11H22N2. The van der Waals surface area contributed by atoms with Gasteiger partial charge in [-0.25, -0.2) is 0 Å². The Labute approximate surface area is 81.8 Å². The first-order valence-corrected chi connectivity index (χ1v) is 5.54. The topological polar surface area (TPSA) is 27.1 Å². The molecule has 1 aliphatic heterocycles. The van der Waals surface area contributed by atoms with Gasteiger partial charge < -0.3 is 4.90 Å². The lowest BCUT2D eigenvalue weighted by atomic mass is 9.94. The molecule has 1 rings (SSSR count). The van der Waals surface area contributed by atoms with E-state index in [2.05, 4.69) is 25.7 Å². The average molecular weight is 182 g/mol. The first-order valence-electron chi connectivity index (χ1n) is 5.54. The van der Waals surface area contributed by atoms with E-state index in [1.54, 1.807) is 0 Å². The lowest BCUT2D eigenvalue weighted by molar-refractivity contribution is 0.244. The van der Waals surface area contributed by atoms with E-state index in [4.69, 9.17) is 5.41 Å². The minimum Gasteiger partial charge on any atom is -0.358 e. The molecule has 76 valence electrons. The molecule has 0 bridgehead atoms. The van der Waals surface area contributed by atoms with Crippen molar-refractivity contribution in [2.45, 2.75) is 52.5 Å². The van der Waals surface area contributed by atoms with Gasteiger partial charge in [0.1, 0.15) is 0 Å². The number of hydrogen-bond acceptors (Lipinski definition) is 1. The Balaban J connectivity index is 2.54. The quantitative estimate of drug-likeness (QED) is 0.711. The van der Waals surface area contributed by atoms with Crippen molar-refractivity contribution in [1.82, 2.24) is 4.90 Å². The van der Waals surface area contributed by atoms with Gasteiger partial charge in [-0.05, 0) is 19.3 Å². The summed E-state index contributed by atoms with van der Waals surface area (Å²) in [4.78, 5) is 2.29. The van der Waals surface area contributed by atoms with Crippen LogP contribution in [0, 0.1) is 11.3 Å². The molecule has 0 aliphatic carbocycles. The third kappa shape index (κ3) is 2.23. The molecule has 2 nitrogen and oxygen atoms in total. The molecular weight excluding hydrogens is 160 g/mol. The smallest absolute Gasteiger partial charge is 0.0960 e. The zero-order valence-corrected chi connectivity index (χ0v) is 9.14. The number of hydrogen-bond donors (Lipinski definition) is 1. The van der Waals surface area contributed by atoms with E-state index < -0.39 is 0 Å². The number of rotatable bonds is 4. The molecule has 1 unspecified atom stereocenters. The van der Waals surface area contributed by atoms with Crippen LogP contribution in [0.1, 0.15) is 46.5 Å². The van der Waals surface area contributed by atoms with Crippen molar-refractivity contribution in [2.75, 3.05) is 6.54 Å². The van der Waals surface area contributed by atoms with E-state index in [0.29, 0.717) is 6.04 Å². The highest BCUT2D eigenvalue weighted by Gasteiger charge is 2.26. The number of amidine groups is 1.